The van der Waals surface area contributed by atoms with E-state index in [0.717, 1.165) is 17.7 Å². The number of halogens is 3. The average molecular weight is 323 g/mol. The van der Waals surface area contributed by atoms with Gasteiger partial charge in [-0.3, -0.25) is 0 Å². The number of rotatable bonds is 4. The van der Waals surface area contributed by atoms with Gasteiger partial charge in [0, 0.05) is 16.7 Å². The number of benzene rings is 2. The molecule has 0 aliphatic heterocycles. The third-order valence-electron chi connectivity index (χ3n) is 2.82. The Hall–Kier alpha value is -2.47. The highest BCUT2D eigenvalue weighted by molar-refractivity contribution is 6.30. The molecule has 0 unspecified atom stereocenters. The molecular weight excluding hydrogens is 314 g/mol. The molecule has 0 bridgehead atoms. The van der Waals surface area contributed by atoms with E-state index in [1.807, 2.05) is 0 Å². The molecular formula is C15H9ClF2N2O2. The summed E-state index contributed by atoms with van der Waals surface area (Å²) in [5.41, 5.74) is 0.729. The van der Waals surface area contributed by atoms with Gasteiger partial charge in [-0.15, -0.1) is 0 Å². The lowest BCUT2D eigenvalue weighted by atomic mass is 10.2. The minimum Gasteiger partial charge on any atom is -0.481 e. The van der Waals surface area contributed by atoms with Crippen molar-refractivity contribution in [3.8, 4) is 17.1 Å². The third kappa shape index (κ3) is 3.23. The molecule has 112 valence electrons. The van der Waals surface area contributed by atoms with Crippen LogP contribution in [0.15, 0.2) is 47.0 Å². The molecule has 4 nitrogen and oxygen atoms in total. The lowest BCUT2D eigenvalue weighted by molar-refractivity contribution is 0.234. The van der Waals surface area contributed by atoms with E-state index in [4.69, 9.17) is 20.9 Å². The molecule has 3 aromatic rings. The Morgan fingerprint density at radius 1 is 1.09 bits per heavy atom. The second-order valence-electron chi connectivity index (χ2n) is 4.38. The van der Waals surface area contributed by atoms with Gasteiger partial charge in [-0.05, 0) is 36.4 Å². The van der Waals surface area contributed by atoms with Crippen molar-refractivity contribution in [3.05, 3.63) is 65.0 Å². The van der Waals surface area contributed by atoms with Crippen LogP contribution in [0.2, 0.25) is 5.02 Å². The van der Waals surface area contributed by atoms with Crippen molar-refractivity contribution in [3.63, 3.8) is 0 Å². The fourth-order valence-electron chi connectivity index (χ4n) is 1.76. The number of hydrogen-bond donors (Lipinski definition) is 0. The zero-order valence-electron chi connectivity index (χ0n) is 11.1. The SMILES string of the molecule is Fc1ccc(OCc2nc(-c3ccc(Cl)cc3)no2)c(F)c1. The maximum Gasteiger partial charge on any atom is 0.264 e. The van der Waals surface area contributed by atoms with Crippen molar-refractivity contribution in [2.24, 2.45) is 0 Å². The summed E-state index contributed by atoms with van der Waals surface area (Å²) in [5, 5.41) is 4.40. The van der Waals surface area contributed by atoms with Crippen molar-refractivity contribution in [1.29, 1.82) is 0 Å². The molecule has 3 rings (SSSR count). The Kier molecular flexibility index (Phi) is 4.02. The first-order valence-corrected chi connectivity index (χ1v) is 6.66. The van der Waals surface area contributed by atoms with E-state index in [0.29, 0.717) is 10.8 Å². The molecule has 0 saturated carbocycles. The zero-order valence-corrected chi connectivity index (χ0v) is 11.8. The van der Waals surface area contributed by atoms with Crippen LogP contribution >= 0.6 is 11.6 Å². The van der Waals surface area contributed by atoms with E-state index in [1.165, 1.54) is 6.07 Å². The predicted octanol–water partition coefficient (Wildman–Crippen LogP) is 4.25. The lowest BCUT2D eigenvalue weighted by Crippen LogP contribution is -1.98. The van der Waals surface area contributed by atoms with Crippen molar-refractivity contribution in [2.45, 2.75) is 6.61 Å². The van der Waals surface area contributed by atoms with Gasteiger partial charge in [-0.1, -0.05) is 16.8 Å². The quantitative estimate of drug-likeness (QED) is 0.720. The predicted molar refractivity (Wildman–Crippen MR) is 75.4 cm³/mol. The van der Waals surface area contributed by atoms with Gasteiger partial charge in [-0.2, -0.15) is 4.98 Å². The van der Waals surface area contributed by atoms with Crippen molar-refractivity contribution in [1.82, 2.24) is 10.1 Å². The van der Waals surface area contributed by atoms with Crippen LogP contribution in [0.3, 0.4) is 0 Å². The molecule has 0 aliphatic rings. The highest BCUT2D eigenvalue weighted by Crippen LogP contribution is 2.21. The average Bonchev–Trinajstić information content (AvgIpc) is 2.96. The largest absolute Gasteiger partial charge is 0.481 e. The second-order valence-corrected chi connectivity index (χ2v) is 4.82. The molecule has 7 heteroatoms. The molecule has 1 heterocycles. The van der Waals surface area contributed by atoms with Gasteiger partial charge in [0.05, 0.1) is 0 Å². The van der Waals surface area contributed by atoms with Gasteiger partial charge < -0.3 is 9.26 Å². The van der Waals surface area contributed by atoms with Crippen LogP contribution in [0.4, 0.5) is 8.78 Å². The van der Waals surface area contributed by atoms with Gasteiger partial charge in [0.2, 0.25) is 5.82 Å². The van der Waals surface area contributed by atoms with Gasteiger partial charge in [-0.25, -0.2) is 8.78 Å². The fourth-order valence-corrected chi connectivity index (χ4v) is 1.89. The maximum atomic E-state index is 13.4. The van der Waals surface area contributed by atoms with Crippen LogP contribution in [-0.2, 0) is 6.61 Å². The fraction of sp³-hybridized carbons (Fsp3) is 0.0667. The third-order valence-corrected chi connectivity index (χ3v) is 3.07. The Balaban J connectivity index is 1.70. The van der Waals surface area contributed by atoms with Gasteiger partial charge >= 0.3 is 0 Å². The normalized spacial score (nSPS) is 10.7. The summed E-state index contributed by atoms with van der Waals surface area (Å²) in [6.45, 7) is -0.122. The minimum atomic E-state index is -0.794. The van der Waals surface area contributed by atoms with Crippen LogP contribution in [-0.4, -0.2) is 10.1 Å². The standard InChI is InChI=1S/C15H9ClF2N2O2/c16-10-3-1-9(2-4-10)15-19-14(22-20-15)8-21-13-6-5-11(17)7-12(13)18/h1-7H,8H2. The molecule has 0 N–H and O–H groups in total. The molecule has 0 fully saturated rings. The van der Waals surface area contributed by atoms with E-state index < -0.39 is 11.6 Å². The summed E-state index contributed by atoms with van der Waals surface area (Å²) >= 11 is 5.80. The Bertz CT molecular complexity index is 790. The van der Waals surface area contributed by atoms with E-state index >= 15 is 0 Å². The smallest absolute Gasteiger partial charge is 0.264 e. The number of ether oxygens (including phenoxy) is 1. The molecule has 0 atom stereocenters. The summed E-state index contributed by atoms with van der Waals surface area (Å²) in [4.78, 5) is 4.13. The molecule has 2 aromatic carbocycles. The topological polar surface area (TPSA) is 48.2 Å². The number of aromatic nitrogens is 2. The van der Waals surface area contributed by atoms with E-state index in [1.54, 1.807) is 24.3 Å². The first-order valence-electron chi connectivity index (χ1n) is 6.28. The maximum absolute atomic E-state index is 13.4. The molecule has 0 radical (unpaired) electrons. The first kappa shape index (κ1) is 14.5. The highest BCUT2D eigenvalue weighted by atomic mass is 35.5. The summed E-state index contributed by atoms with van der Waals surface area (Å²) in [6, 6.07) is 9.94. The van der Waals surface area contributed by atoms with Crippen molar-refractivity contribution in [2.75, 3.05) is 0 Å². The molecule has 0 aliphatic carbocycles. The van der Waals surface area contributed by atoms with Crippen LogP contribution in [0.1, 0.15) is 5.89 Å². The van der Waals surface area contributed by atoms with E-state index in [2.05, 4.69) is 10.1 Å². The highest BCUT2D eigenvalue weighted by Gasteiger charge is 2.11. The summed E-state index contributed by atoms with van der Waals surface area (Å²) < 4.78 is 36.4. The van der Waals surface area contributed by atoms with Crippen LogP contribution < -0.4 is 4.74 Å². The first-order chi connectivity index (χ1) is 10.6. The molecule has 22 heavy (non-hydrogen) atoms. The van der Waals surface area contributed by atoms with Gasteiger partial charge in [0.15, 0.2) is 18.2 Å². The molecule has 0 saturated heterocycles. The lowest BCUT2D eigenvalue weighted by Gasteiger charge is -2.03. The summed E-state index contributed by atoms with van der Waals surface area (Å²) in [7, 11) is 0. The van der Waals surface area contributed by atoms with Crippen LogP contribution in [0.25, 0.3) is 11.4 Å². The Labute approximate surface area is 129 Å². The Morgan fingerprint density at radius 2 is 1.86 bits per heavy atom. The van der Waals surface area contributed by atoms with Crippen LogP contribution in [0, 0.1) is 11.6 Å². The summed E-state index contributed by atoms with van der Waals surface area (Å²) in [5.74, 6) is -1.01. The Morgan fingerprint density at radius 3 is 2.59 bits per heavy atom. The van der Waals surface area contributed by atoms with Crippen molar-refractivity contribution >= 4 is 11.6 Å². The molecule has 0 amide bonds. The molecule has 1 aromatic heterocycles. The molecule has 0 spiro atoms. The monoisotopic (exact) mass is 322 g/mol. The number of hydrogen-bond acceptors (Lipinski definition) is 4. The van der Waals surface area contributed by atoms with E-state index in [9.17, 15) is 8.78 Å². The zero-order chi connectivity index (χ0) is 15.5. The number of nitrogens with zero attached hydrogens (tertiary/aromatic N) is 2. The van der Waals surface area contributed by atoms with Crippen molar-refractivity contribution < 1.29 is 18.0 Å². The van der Waals surface area contributed by atoms with Crippen LogP contribution in [0.5, 0.6) is 5.75 Å². The van der Waals surface area contributed by atoms with E-state index in [-0.39, 0.29) is 18.2 Å². The minimum absolute atomic E-state index is 0.0901. The van der Waals surface area contributed by atoms with Gasteiger partial charge in [0.1, 0.15) is 5.82 Å². The summed E-state index contributed by atoms with van der Waals surface area (Å²) in [6.07, 6.45) is 0. The second kappa shape index (κ2) is 6.11. The van der Waals surface area contributed by atoms with Gasteiger partial charge in [0.25, 0.3) is 5.89 Å².